The molecule has 2 heterocycles. The second kappa shape index (κ2) is 6.90. The lowest BCUT2D eigenvalue weighted by molar-refractivity contribution is 0.454. The Bertz CT molecular complexity index is 676. The van der Waals surface area contributed by atoms with Crippen molar-refractivity contribution in [3.63, 3.8) is 0 Å². The van der Waals surface area contributed by atoms with Crippen molar-refractivity contribution in [1.82, 2.24) is 4.90 Å². The first-order valence-electron chi connectivity index (χ1n) is 7.24. The van der Waals surface area contributed by atoms with Gasteiger partial charge in [-0.3, -0.25) is 4.99 Å². The molecular weight excluding hydrogens is 337 g/mol. The number of guanidine groups is 1. The molecular formula is C16H17Cl2N3S. The van der Waals surface area contributed by atoms with E-state index in [1.165, 1.54) is 10.4 Å². The first-order chi connectivity index (χ1) is 10.7. The number of benzene rings is 1. The summed E-state index contributed by atoms with van der Waals surface area (Å²) in [4.78, 5) is 8.18. The van der Waals surface area contributed by atoms with Gasteiger partial charge in [-0.2, -0.15) is 0 Å². The van der Waals surface area contributed by atoms with Gasteiger partial charge >= 0.3 is 0 Å². The van der Waals surface area contributed by atoms with Gasteiger partial charge in [-0.25, -0.2) is 0 Å². The van der Waals surface area contributed by atoms with Gasteiger partial charge < -0.3 is 10.2 Å². The number of aryl methyl sites for hydroxylation is 1. The molecule has 2 aromatic rings. The van der Waals surface area contributed by atoms with Crippen LogP contribution in [-0.4, -0.2) is 23.9 Å². The van der Waals surface area contributed by atoms with Gasteiger partial charge in [-0.15, -0.1) is 11.3 Å². The zero-order valence-electron chi connectivity index (χ0n) is 12.3. The average Bonchev–Trinajstić information content (AvgIpc) is 3.13. The number of para-hydroxylation sites is 1. The van der Waals surface area contributed by atoms with Crippen molar-refractivity contribution >= 4 is 46.2 Å². The van der Waals surface area contributed by atoms with Crippen LogP contribution in [0.15, 0.2) is 34.6 Å². The van der Waals surface area contributed by atoms with E-state index in [1.807, 2.05) is 18.2 Å². The first-order valence-corrected chi connectivity index (χ1v) is 8.88. The molecule has 3 rings (SSSR count). The van der Waals surface area contributed by atoms with Gasteiger partial charge in [0.25, 0.3) is 0 Å². The highest BCUT2D eigenvalue weighted by molar-refractivity contribution is 7.10. The maximum atomic E-state index is 6.23. The zero-order chi connectivity index (χ0) is 15.5. The van der Waals surface area contributed by atoms with Crippen LogP contribution in [0.25, 0.3) is 0 Å². The Morgan fingerprint density at radius 1 is 1.27 bits per heavy atom. The van der Waals surface area contributed by atoms with E-state index in [0.29, 0.717) is 10.0 Å². The van der Waals surface area contributed by atoms with Crippen LogP contribution in [-0.2, 0) is 13.0 Å². The summed E-state index contributed by atoms with van der Waals surface area (Å²) in [6, 6.07) is 7.68. The van der Waals surface area contributed by atoms with Crippen LogP contribution in [0.1, 0.15) is 17.4 Å². The molecule has 0 aliphatic carbocycles. The van der Waals surface area contributed by atoms with E-state index in [9.17, 15) is 0 Å². The lowest BCUT2D eigenvalue weighted by Crippen LogP contribution is -2.32. The number of hydrogen-bond acceptors (Lipinski definition) is 4. The molecule has 0 unspecified atom stereocenters. The molecule has 0 amide bonds. The number of thiophene rings is 1. The summed E-state index contributed by atoms with van der Waals surface area (Å²) >= 11 is 14.3. The summed E-state index contributed by atoms with van der Waals surface area (Å²) in [6.45, 7) is 4.75. The Morgan fingerprint density at radius 2 is 2.05 bits per heavy atom. The third kappa shape index (κ3) is 3.24. The fraction of sp³-hybridized carbons (Fsp3) is 0.312. The van der Waals surface area contributed by atoms with Crippen molar-refractivity contribution in [1.29, 1.82) is 0 Å². The highest BCUT2D eigenvalue weighted by Gasteiger charge is 2.20. The van der Waals surface area contributed by atoms with Crippen LogP contribution in [0.2, 0.25) is 10.0 Å². The molecule has 1 aliphatic heterocycles. The Balaban J connectivity index is 1.76. The summed E-state index contributed by atoms with van der Waals surface area (Å²) in [6.07, 6.45) is 1.06. The van der Waals surface area contributed by atoms with E-state index in [1.54, 1.807) is 11.3 Å². The van der Waals surface area contributed by atoms with Crippen LogP contribution >= 0.6 is 34.5 Å². The van der Waals surface area contributed by atoms with Gasteiger partial charge in [0.05, 0.1) is 28.8 Å². The quantitative estimate of drug-likeness (QED) is 0.846. The van der Waals surface area contributed by atoms with E-state index in [0.717, 1.165) is 37.7 Å². The molecule has 1 N–H and O–H groups in total. The fourth-order valence-corrected chi connectivity index (χ4v) is 3.96. The Kier molecular flexibility index (Phi) is 4.91. The number of halogens is 2. The molecule has 116 valence electrons. The Morgan fingerprint density at radius 3 is 2.77 bits per heavy atom. The molecule has 22 heavy (non-hydrogen) atoms. The molecule has 0 saturated heterocycles. The molecule has 0 saturated carbocycles. The lowest BCUT2D eigenvalue weighted by atomic mass is 10.2. The second-order valence-electron chi connectivity index (χ2n) is 5.07. The van der Waals surface area contributed by atoms with E-state index < -0.39 is 0 Å². The van der Waals surface area contributed by atoms with E-state index in [-0.39, 0.29) is 0 Å². The van der Waals surface area contributed by atoms with Crippen LogP contribution < -0.4 is 5.32 Å². The third-order valence-corrected chi connectivity index (χ3v) is 5.26. The number of nitrogens with zero attached hydrogens (tertiary/aromatic N) is 2. The van der Waals surface area contributed by atoms with Crippen LogP contribution in [0.4, 0.5) is 5.69 Å². The van der Waals surface area contributed by atoms with Gasteiger partial charge in [0.1, 0.15) is 0 Å². The van der Waals surface area contributed by atoms with Crippen molar-refractivity contribution in [2.75, 3.05) is 18.4 Å². The minimum atomic E-state index is 0.604. The molecule has 0 bridgehead atoms. The Hall–Kier alpha value is -1.23. The third-order valence-electron chi connectivity index (χ3n) is 3.68. The molecule has 1 aromatic heterocycles. The van der Waals surface area contributed by atoms with E-state index in [4.69, 9.17) is 23.2 Å². The summed E-state index contributed by atoms with van der Waals surface area (Å²) in [7, 11) is 0. The highest BCUT2D eigenvalue weighted by Crippen LogP contribution is 2.30. The second-order valence-corrected chi connectivity index (χ2v) is 6.89. The molecule has 1 aliphatic rings. The normalized spacial score (nSPS) is 14.3. The SMILES string of the molecule is CCc1ccsc1CN1CCN=C1Nc1c(Cl)cccc1Cl. The monoisotopic (exact) mass is 353 g/mol. The first kappa shape index (κ1) is 15.7. The molecule has 3 nitrogen and oxygen atoms in total. The van der Waals surface area contributed by atoms with E-state index in [2.05, 4.69) is 33.6 Å². The molecule has 0 fully saturated rings. The Labute approximate surface area is 144 Å². The van der Waals surface area contributed by atoms with Crippen molar-refractivity contribution in [3.05, 3.63) is 50.1 Å². The van der Waals surface area contributed by atoms with Crippen molar-refractivity contribution in [2.45, 2.75) is 19.9 Å². The van der Waals surface area contributed by atoms with E-state index >= 15 is 0 Å². The van der Waals surface area contributed by atoms with Gasteiger partial charge in [0, 0.05) is 11.4 Å². The number of aliphatic imine (C=N–C) groups is 1. The van der Waals surface area contributed by atoms with Gasteiger partial charge in [-0.05, 0) is 35.6 Å². The van der Waals surface area contributed by atoms with Crippen LogP contribution in [0, 0.1) is 0 Å². The summed E-state index contributed by atoms with van der Waals surface area (Å²) < 4.78 is 0. The van der Waals surface area contributed by atoms with Crippen molar-refractivity contribution < 1.29 is 0 Å². The van der Waals surface area contributed by atoms with Crippen molar-refractivity contribution in [2.24, 2.45) is 4.99 Å². The average molecular weight is 354 g/mol. The highest BCUT2D eigenvalue weighted by atomic mass is 35.5. The largest absolute Gasteiger partial charge is 0.336 e. The molecule has 0 atom stereocenters. The predicted octanol–water partition coefficient (Wildman–Crippen LogP) is 4.90. The molecule has 1 aromatic carbocycles. The van der Waals surface area contributed by atoms with Gasteiger partial charge in [0.15, 0.2) is 5.96 Å². The van der Waals surface area contributed by atoms with Crippen LogP contribution in [0.5, 0.6) is 0 Å². The minimum absolute atomic E-state index is 0.604. The number of anilines is 1. The molecule has 0 spiro atoms. The number of nitrogens with one attached hydrogen (secondary N) is 1. The number of hydrogen-bond donors (Lipinski definition) is 1. The van der Waals surface area contributed by atoms with Crippen molar-refractivity contribution in [3.8, 4) is 0 Å². The minimum Gasteiger partial charge on any atom is -0.336 e. The predicted molar refractivity (Wildman–Crippen MR) is 96.5 cm³/mol. The zero-order valence-corrected chi connectivity index (χ0v) is 14.6. The standard InChI is InChI=1S/C16H17Cl2N3S/c1-2-11-6-9-22-14(11)10-21-8-7-19-16(21)20-15-12(17)4-3-5-13(15)18/h3-6,9H,2,7-8,10H2,1H3,(H,19,20). The fourth-order valence-electron chi connectivity index (χ4n) is 2.48. The molecule has 0 radical (unpaired) electrons. The molecule has 6 heteroatoms. The number of rotatable bonds is 4. The summed E-state index contributed by atoms with van der Waals surface area (Å²) in [5.74, 6) is 0.838. The smallest absolute Gasteiger partial charge is 0.199 e. The van der Waals surface area contributed by atoms with Crippen LogP contribution in [0.3, 0.4) is 0 Å². The maximum absolute atomic E-state index is 6.23. The van der Waals surface area contributed by atoms with Gasteiger partial charge in [-0.1, -0.05) is 36.2 Å². The van der Waals surface area contributed by atoms with Gasteiger partial charge in [0.2, 0.25) is 0 Å². The maximum Gasteiger partial charge on any atom is 0.199 e. The summed E-state index contributed by atoms with van der Waals surface area (Å²) in [5.41, 5.74) is 2.13. The topological polar surface area (TPSA) is 27.6 Å². The lowest BCUT2D eigenvalue weighted by Gasteiger charge is -2.22. The summed E-state index contributed by atoms with van der Waals surface area (Å²) in [5, 5.41) is 6.65.